The Kier molecular flexibility index (Phi) is 6.30. The largest absolute Gasteiger partial charge is 0.463 e. The van der Waals surface area contributed by atoms with Crippen molar-refractivity contribution >= 4 is 18.6 Å². The van der Waals surface area contributed by atoms with Crippen molar-refractivity contribution < 1.29 is 9.53 Å². The molecule has 0 fully saturated rings. The Balaban J connectivity index is 3.47. The molecule has 0 aromatic heterocycles. The van der Waals surface area contributed by atoms with Crippen molar-refractivity contribution in [2.24, 2.45) is 11.5 Å². The predicted molar refractivity (Wildman–Crippen MR) is 46.5 cm³/mol. The second-order valence-corrected chi connectivity index (χ2v) is 2.52. The van der Waals surface area contributed by atoms with Gasteiger partial charge in [0.1, 0.15) is 12.6 Å². The van der Waals surface area contributed by atoms with E-state index in [1.165, 1.54) is 0 Å². The minimum absolute atomic E-state index is 0.235. The Hall–Kier alpha value is -0.260. The van der Waals surface area contributed by atoms with Gasteiger partial charge < -0.3 is 16.2 Å². The number of hydrogen-bond donors (Lipinski definition) is 3. The Morgan fingerprint density at radius 3 is 2.73 bits per heavy atom. The first kappa shape index (κ1) is 10.7. The van der Waals surface area contributed by atoms with Crippen LogP contribution in [0.3, 0.4) is 0 Å². The zero-order valence-corrected chi connectivity index (χ0v) is 7.22. The van der Waals surface area contributed by atoms with E-state index in [1.54, 1.807) is 0 Å². The number of ether oxygens (including phenoxy) is 1. The molecule has 0 radical (unpaired) electrons. The Labute approximate surface area is 71.7 Å². The van der Waals surface area contributed by atoms with Crippen molar-refractivity contribution in [3.63, 3.8) is 0 Å². The van der Waals surface area contributed by atoms with Gasteiger partial charge in [-0.05, 0) is 12.2 Å². The summed E-state index contributed by atoms with van der Waals surface area (Å²) in [6.45, 7) is 0.568. The summed E-state index contributed by atoms with van der Waals surface area (Å²) in [6.07, 6.45) is 0.534. The van der Waals surface area contributed by atoms with E-state index in [-0.39, 0.29) is 6.61 Å². The number of hydrogen-bond acceptors (Lipinski definition) is 5. The summed E-state index contributed by atoms with van der Waals surface area (Å²) in [4.78, 5) is 10.9. The van der Waals surface area contributed by atoms with Crippen molar-refractivity contribution in [1.29, 1.82) is 0 Å². The SMILES string of the molecule is NCCOC(=O)C(N)CCS. The second-order valence-electron chi connectivity index (χ2n) is 2.07. The molecule has 0 aromatic carbocycles. The van der Waals surface area contributed by atoms with Gasteiger partial charge in [-0.1, -0.05) is 0 Å². The summed E-state index contributed by atoms with van der Waals surface area (Å²) in [6, 6.07) is -0.556. The molecule has 0 saturated carbocycles. The quantitative estimate of drug-likeness (QED) is 0.378. The van der Waals surface area contributed by atoms with E-state index < -0.39 is 12.0 Å². The van der Waals surface area contributed by atoms with Crippen molar-refractivity contribution in [2.45, 2.75) is 12.5 Å². The number of rotatable bonds is 5. The molecule has 0 aliphatic rings. The number of carbonyl (C=O) groups is 1. The van der Waals surface area contributed by atoms with E-state index in [1.807, 2.05) is 0 Å². The van der Waals surface area contributed by atoms with Gasteiger partial charge in [-0.3, -0.25) is 4.79 Å². The van der Waals surface area contributed by atoms with Crippen LogP contribution in [0.25, 0.3) is 0 Å². The maximum Gasteiger partial charge on any atom is 0.322 e. The molecule has 0 saturated heterocycles. The van der Waals surface area contributed by atoms with Gasteiger partial charge in [0, 0.05) is 6.54 Å². The molecule has 4 N–H and O–H groups in total. The number of carbonyl (C=O) groups excluding carboxylic acids is 1. The third-order valence-corrected chi connectivity index (χ3v) is 1.36. The van der Waals surface area contributed by atoms with Crippen LogP contribution in [-0.2, 0) is 9.53 Å². The molecule has 66 valence electrons. The van der Waals surface area contributed by atoms with Crippen LogP contribution in [0.15, 0.2) is 0 Å². The molecule has 1 unspecified atom stereocenters. The number of nitrogens with two attached hydrogens (primary N) is 2. The maximum absolute atomic E-state index is 10.9. The lowest BCUT2D eigenvalue weighted by atomic mass is 10.2. The zero-order chi connectivity index (χ0) is 8.69. The van der Waals surface area contributed by atoms with Crippen LogP contribution in [0.5, 0.6) is 0 Å². The highest BCUT2D eigenvalue weighted by Crippen LogP contribution is 1.93. The molecule has 0 aliphatic carbocycles. The maximum atomic E-state index is 10.9. The van der Waals surface area contributed by atoms with Gasteiger partial charge in [0.15, 0.2) is 0 Å². The summed E-state index contributed by atoms with van der Waals surface area (Å²) in [5.41, 5.74) is 10.5. The fourth-order valence-corrected chi connectivity index (χ4v) is 0.802. The molecule has 0 amide bonds. The van der Waals surface area contributed by atoms with Crippen LogP contribution in [0.4, 0.5) is 0 Å². The van der Waals surface area contributed by atoms with Gasteiger partial charge in [0.2, 0.25) is 0 Å². The summed E-state index contributed by atoms with van der Waals surface area (Å²) >= 11 is 3.93. The second kappa shape index (κ2) is 6.45. The zero-order valence-electron chi connectivity index (χ0n) is 6.32. The Morgan fingerprint density at radius 1 is 1.64 bits per heavy atom. The van der Waals surface area contributed by atoms with Gasteiger partial charge in [0.05, 0.1) is 0 Å². The van der Waals surface area contributed by atoms with Crippen LogP contribution in [0, 0.1) is 0 Å². The van der Waals surface area contributed by atoms with Crippen LogP contribution in [0.1, 0.15) is 6.42 Å². The molecule has 1 atom stereocenters. The lowest BCUT2D eigenvalue weighted by Gasteiger charge is -2.08. The molecule has 0 spiro atoms. The van der Waals surface area contributed by atoms with E-state index >= 15 is 0 Å². The van der Waals surface area contributed by atoms with Crippen LogP contribution < -0.4 is 11.5 Å². The first-order valence-corrected chi connectivity index (χ1v) is 4.08. The lowest BCUT2D eigenvalue weighted by Crippen LogP contribution is -2.33. The van der Waals surface area contributed by atoms with E-state index in [4.69, 9.17) is 11.5 Å². The first-order valence-electron chi connectivity index (χ1n) is 3.45. The number of esters is 1. The first-order chi connectivity index (χ1) is 5.22. The molecule has 11 heavy (non-hydrogen) atoms. The van der Waals surface area contributed by atoms with Crippen LogP contribution >= 0.6 is 12.6 Å². The molecule has 0 rings (SSSR count). The molecule has 0 bridgehead atoms. The average Bonchev–Trinajstić information content (AvgIpc) is 2.00. The third kappa shape index (κ3) is 5.06. The minimum Gasteiger partial charge on any atom is -0.463 e. The van der Waals surface area contributed by atoms with E-state index in [0.717, 1.165) is 0 Å². The molecule has 0 heterocycles. The summed E-state index contributed by atoms with van der Waals surface area (Å²) in [7, 11) is 0. The smallest absolute Gasteiger partial charge is 0.322 e. The van der Waals surface area contributed by atoms with Gasteiger partial charge in [-0.25, -0.2) is 0 Å². The molecule has 5 heteroatoms. The van der Waals surface area contributed by atoms with Gasteiger partial charge in [-0.2, -0.15) is 12.6 Å². The van der Waals surface area contributed by atoms with Crippen LogP contribution in [-0.4, -0.2) is 30.9 Å². The van der Waals surface area contributed by atoms with Crippen molar-refractivity contribution in [2.75, 3.05) is 18.9 Å². The highest BCUT2D eigenvalue weighted by molar-refractivity contribution is 7.80. The predicted octanol–water partition coefficient (Wildman–Crippen LogP) is -0.865. The van der Waals surface area contributed by atoms with Crippen molar-refractivity contribution in [3.05, 3.63) is 0 Å². The third-order valence-electron chi connectivity index (χ3n) is 1.11. The van der Waals surface area contributed by atoms with Gasteiger partial charge >= 0.3 is 5.97 Å². The highest BCUT2D eigenvalue weighted by Gasteiger charge is 2.12. The topological polar surface area (TPSA) is 78.3 Å². The molecular weight excluding hydrogens is 164 g/mol. The van der Waals surface area contributed by atoms with E-state index in [2.05, 4.69) is 17.4 Å². The average molecular weight is 178 g/mol. The standard InChI is InChI=1S/C6H14N2O2S/c7-2-3-10-6(9)5(8)1-4-11/h5,11H,1-4,7-8H2. The number of thiol groups is 1. The van der Waals surface area contributed by atoms with E-state index in [9.17, 15) is 4.79 Å². The van der Waals surface area contributed by atoms with Gasteiger partial charge in [0.25, 0.3) is 0 Å². The Bertz CT molecular complexity index is 121. The fraction of sp³-hybridized carbons (Fsp3) is 0.833. The van der Waals surface area contributed by atoms with Crippen molar-refractivity contribution in [3.8, 4) is 0 Å². The molecule has 4 nitrogen and oxygen atoms in total. The molecule has 0 aromatic rings. The summed E-state index contributed by atoms with van der Waals surface area (Å²) < 4.78 is 4.68. The lowest BCUT2D eigenvalue weighted by molar-refractivity contribution is -0.144. The Morgan fingerprint density at radius 2 is 2.27 bits per heavy atom. The van der Waals surface area contributed by atoms with E-state index in [0.29, 0.717) is 18.7 Å². The normalized spacial score (nSPS) is 12.6. The monoisotopic (exact) mass is 178 g/mol. The van der Waals surface area contributed by atoms with Crippen LogP contribution in [0.2, 0.25) is 0 Å². The van der Waals surface area contributed by atoms with Crippen molar-refractivity contribution in [1.82, 2.24) is 0 Å². The fourth-order valence-electron chi connectivity index (χ4n) is 0.523. The molecule has 0 aliphatic heterocycles. The molecular formula is C6H14N2O2S. The summed E-state index contributed by atoms with van der Waals surface area (Å²) in [5.74, 6) is 0.184. The minimum atomic E-state index is -0.556. The highest BCUT2D eigenvalue weighted by atomic mass is 32.1. The summed E-state index contributed by atoms with van der Waals surface area (Å²) in [5, 5.41) is 0. The van der Waals surface area contributed by atoms with Gasteiger partial charge in [-0.15, -0.1) is 0 Å².